The second kappa shape index (κ2) is 20.6. The maximum absolute atomic E-state index is 2.64. The number of nitrogens with zero attached hydrogens (tertiary/aromatic N) is 4. The predicted octanol–water partition coefficient (Wildman–Crippen LogP) is 19.1. The van der Waals surface area contributed by atoms with Crippen molar-refractivity contribution in [3.05, 3.63) is 340 Å². The van der Waals surface area contributed by atoms with Gasteiger partial charge in [0.05, 0.1) is 11.0 Å². The molecule has 2 aromatic heterocycles. The van der Waals surface area contributed by atoms with Gasteiger partial charge >= 0.3 is 0 Å². The third kappa shape index (κ3) is 7.75. The van der Waals surface area contributed by atoms with Gasteiger partial charge in [-0.1, -0.05) is 255 Å². The summed E-state index contributed by atoms with van der Waals surface area (Å²) in [5.74, 6) is 0. The minimum absolute atomic E-state index is 0.0482. The molecule has 17 aromatic rings. The predicted molar refractivity (Wildman–Crippen MR) is 406 cm³/mol. The summed E-state index contributed by atoms with van der Waals surface area (Å²) >= 11 is 0. The number of hydrogen-bond acceptors (Lipinski definition) is 2. The van der Waals surface area contributed by atoms with E-state index in [0.717, 1.165) is 11.4 Å². The number of anilines is 6. The maximum atomic E-state index is 2.64. The Balaban J connectivity index is 0.819. The van der Waals surface area contributed by atoms with Gasteiger partial charge in [0.15, 0.2) is 0 Å². The zero-order valence-electron chi connectivity index (χ0n) is 52.3. The van der Waals surface area contributed by atoms with E-state index in [1.807, 2.05) is 0 Å². The molecule has 0 unspecified atom stereocenters. The lowest BCUT2D eigenvalue weighted by molar-refractivity contribution is 1.16. The van der Waals surface area contributed by atoms with E-state index >= 15 is 0 Å². The number of hydrogen-bond donors (Lipinski definition) is 0. The minimum Gasteiger partial charge on any atom is -0.311 e. The third-order valence-corrected chi connectivity index (χ3v) is 21.2. The Hall–Kier alpha value is -12.4. The Bertz CT molecular complexity index is 5600. The molecule has 6 heteroatoms. The molecule has 0 N–H and O–H groups in total. The number of para-hydroxylation sites is 2. The molecule has 4 aliphatic rings. The molecule has 0 radical (unpaired) electrons. The summed E-state index contributed by atoms with van der Waals surface area (Å²) in [7, 11) is 0. The van der Waals surface area contributed by atoms with Gasteiger partial charge in [0.25, 0.3) is 13.4 Å². The first kappa shape index (κ1) is 53.2. The smallest absolute Gasteiger partial charge is 0.252 e. The van der Waals surface area contributed by atoms with Crippen molar-refractivity contribution >= 4 is 124 Å². The zero-order valence-corrected chi connectivity index (χ0v) is 52.3. The van der Waals surface area contributed by atoms with Crippen LogP contribution < -0.4 is 42.6 Å². The molecule has 0 aliphatic carbocycles. The number of aromatic nitrogens is 2. The summed E-state index contributed by atoms with van der Waals surface area (Å²) in [5.41, 5.74) is 36.5. The van der Waals surface area contributed by atoms with Gasteiger partial charge < -0.3 is 18.9 Å². The largest absolute Gasteiger partial charge is 0.311 e. The summed E-state index contributed by atoms with van der Waals surface area (Å²) in [6.07, 6.45) is 0. The van der Waals surface area contributed by atoms with Crippen LogP contribution in [0.1, 0.15) is 0 Å². The van der Waals surface area contributed by atoms with Crippen molar-refractivity contribution in [1.82, 2.24) is 9.13 Å². The monoisotopic (exact) mass is 1210 g/mol. The highest BCUT2D eigenvalue weighted by atomic mass is 15.2. The Morgan fingerprint density at radius 3 is 0.865 bits per heavy atom. The van der Waals surface area contributed by atoms with E-state index < -0.39 is 0 Å². The van der Waals surface area contributed by atoms with Gasteiger partial charge in [0.2, 0.25) is 0 Å². The second-order valence-corrected chi connectivity index (χ2v) is 26.3. The first-order chi connectivity index (χ1) is 47.6. The van der Waals surface area contributed by atoms with E-state index in [0.29, 0.717) is 0 Å². The molecule has 4 nitrogen and oxygen atoms in total. The molecule has 4 aliphatic heterocycles. The van der Waals surface area contributed by atoms with Crippen molar-refractivity contribution < 1.29 is 0 Å². The highest BCUT2D eigenvalue weighted by Gasteiger charge is 2.45. The molecular formula is C90H56B2N4. The van der Waals surface area contributed by atoms with Crippen molar-refractivity contribution in [3.63, 3.8) is 0 Å². The van der Waals surface area contributed by atoms with E-state index in [2.05, 4.69) is 359 Å². The molecule has 0 saturated carbocycles. The first-order valence-electron chi connectivity index (χ1n) is 33.5. The molecule has 96 heavy (non-hydrogen) atoms. The van der Waals surface area contributed by atoms with Crippen LogP contribution in [0.15, 0.2) is 340 Å². The van der Waals surface area contributed by atoms with Gasteiger partial charge in [0, 0.05) is 78.1 Å². The van der Waals surface area contributed by atoms with Crippen LogP contribution in [0, 0.1) is 0 Å². The molecule has 0 spiro atoms. The molecule has 442 valence electrons. The second-order valence-electron chi connectivity index (χ2n) is 26.3. The lowest BCUT2D eigenvalue weighted by Crippen LogP contribution is -2.60. The van der Waals surface area contributed by atoms with Gasteiger partial charge in [0.1, 0.15) is 0 Å². The summed E-state index contributed by atoms with van der Waals surface area (Å²) < 4.78 is 5.28. The van der Waals surface area contributed by atoms with Crippen LogP contribution in [-0.4, -0.2) is 22.6 Å². The van der Waals surface area contributed by atoms with Gasteiger partial charge in [-0.3, -0.25) is 0 Å². The fourth-order valence-corrected chi connectivity index (χ4v) is 17.1. The highest BCUT2D eigenvalue weighted by Crippen LogP contribution is 2.49. The normalized spacial score (nSPS) is 12.9. The Morgan fingerprint density at radius 2 is 0.510 bits per heavy atom. The number of rotatable bonds is 8. The Kier molecular flexibility index (Phi) is 11.4. The summed E-state index contributed by atoms with van der Waals surface area (Å²) in [4.78, 5) is 5.14. The number of fused-ring (bicyclic) bond motifs is 14. The van der Waals surface area contributed by atoms with Crippen LogP contribution in [0.2, 0.25) is 0 Å². The molecule has 15 aromatic carbocycles. The maximum Gasteiger partial charge on any atom is 0.252 e. The minimum atomic E-state index is -0.0482. The Labute approximate surface area is 557 Å². The van der Waals surface area contributed by atoms with Crippen LogP contribution in [-0.2, 0) is 0 Å². The summed E-state index contributed by atoms with van der Waals surface area (Å²) in [6, 6.07) is 128. The van der Waals surface area contributed by atoms with Crippen molar-refractivity contribution in [2.45, 2.75) is 0 Å². The van der Waals surface area contributed by atoms with E-state index in [1.165, 1.54) is 177 Å². The lowest BCUT2D eigenvalue weighted by Gasteiger charge is -2.40. The van der Waals surface area contributed by atoms with Crippen LogP contribution in [0.3, 0.4) is 0 Å². The fourth-order valence-electron chi connectivity index (χ4n) is 17.1. The zero-order chi connectivity index (χ0) is 62.7. The van der Waals surface area contributed by atoms with E-state index in [1.54, 1.807) is 0 Å². The van der Waals surface area contributed by atoms with Crippen molar-refractivity contribution in [2.75, 3.05) is 9.80 Å². The molecule has 0 atom stereocenters. The summed E-state index contributed by atoms with van der Waals surface area (Å²) in [5, 5.41) is 5.04. The van der Waals surface area contributed by atoms with Gasteiger partial charge in [-0.2, -0.15) is 0 Å². The van der Waals surface area contributed by atoms with E-state index in [4.69, 9.17) is 0 Å². The lowest BCUT2D eigenvalue weighted by atomic mass is 9.33. The van der Waals surface area contributed by atoms with E-state index in [-0.39, 0.29) is 13.4 Å². The average molecular weight is 1220 g/mol. The topological polar surface area (TPSA) is 16.3 Å². The molecule has 6 heterocycles. The highest BCUT2D eigenvalue weighted by molar-refractivity contribution is 7.01. The molecule has 0 amide bonds. The fraction of sp³-hybridized carbons (Fsp3) is 0. The average Bonchev–Trinajstić information content (AvgIpc) is 1.31. The van der Waals surface area contributed by atoms with Crippen LogP contribution in [0.25, 0.3) is 122 Å². The van der Waals surface area contributed by atoms with Gasteiger partial charge in [-0.05, 0) is 184 Å². The standard InChI is InChI=1S/C90H56B2N4/c1-7-23-57(24-8-1)63-43-45-79-77(53-63)91-75-37-19-35-71-73-55-74-72-36-20-38-76-90(72)96(86(74)56-85(73)95(89(71)75)83-41-21-39-81(87(83)91)93(79)69-49-65(59-27-11-3-12-28-59)47-66(50-69)60-29-13-4-14-30-60)84-42-22-40-82-88(84)92(76)78-54-64(58-25-9-2-10-26-58)44-46-80(78)94(82)70-51-67(61-31-15-5-16-32-61)48-68(52-70)62-33-17-6-18-34-62/h1-56H. The van der Waals surface area contributed by atoms with Crippen molar-refractivity contribution in [3.8, 4) is 78.1 Å². The van der Waals surface area contributed by atoms with E-state index in [9.17, 15) is 0 Å². The van der Waals surface area contributed by atoms with Crippen molar-refractivity contribution in [2.24, 2.45) is 0 Å². The van der Waals surface area contributed by atoms with Crippen LogP contribution in [0.4, 0.5) is 34.1 Å². The number of benzene rings is 15. The Morgan fingerprint density at radius 1 is 0.188 bits per heavy atom. The van der Waals surface area contributed by atoms with Crippen molar-refractivity contribution in [1.29, 1.82) is 0 Å². The van der Waals surface area contributed by atoms with Crippen LogP contribution >= 0.6 is 0 Å². The van der Waals surface area contributed by atoms with Crippen LogP contribution in [0.5, 0.6) is 0 Å². The first-order valence-corrected chi connectivity index (χ1v) is 33.5. The molecule has 0 saturated heterocycles. The summed E-state index contributed by atoms with van der Waals surface area (Å²) in [6.45, 7) is -0.0965. The van der Waals surface area contributed by atoms with Gasteiger partial charge in [-0.15, -0.1) is 0 Å². The van der Waals surface area contributed by atoms with Gasteiger partial charge in [-0.25, -0.2) is 0 Å². The quantitative estimate of drug-likeness (QED) is 0.141. The molecule has 0 bridgehead atoms. The molecule has 21 rings (SSSR count). The SMILES string of the molecule is c1ccc(-c2cc(-c3ccccc3)cc(N3c4ccc(-c5ccccc5)cc4B4c5c3cccc5-n3c5cc6c(cc5c5cccc4c53)c3cccc4c3n6-c3cccc5c3B4c3cc(-c4ccccc4)ccc3N5c3cc(-c4ccccc4)cc(-c4ccccc4)c3)c2)cc1. The molecular weight excluding hydrogens is 1160 g/mol. The third-order valence-electron chi connectivity index (χ3n) is 21.2. The molecule has 0 fully saturated rings.